The molecule has 0 unspecified atom stereocenters. The number of sulfone groups is 1. The molecule has 23 heavy (non-hydrogen) atoms. The molecular weight excluding hydrogens is 332 g/mol. The van der Waals surface area contributed by atoms with Crippen LogP contribution >= 0.6 is 11.8 Å². The Kier molecular flexibility index (Phi) is 5.01. The van der Waals surface area contributed by atoms with Crippen LogP contribution in [0.2, 0.25) is 0 Å². The van der Waals surface area contributed by atoms with Crippen molar-refractivity contribution in [1.82, 2.24) is 19.7 Å². The molecule has 1 aliphatic rings. The van der Waals surface area contributed by atoms with Crippen LogP contribution in [0, 0.1) is 0 Å². The van der Waals surface area contributed by atoms with Gasteiger partial charge in [-0.3, -0.25) is 0 Å². The highest BCUT2D eigenvalue weighted by Gasteiger charge is 2.29. The van der Waals surface area contributed by atoms with Gasteiger partial charge in [-0.05, 0) is 31.2 Å². The molecule has 8 heteroatoms. The van der Waals surface area contributed by atoms with Crippen LogP contribution in [0.5, 0.6) is 0 Å². The molecule has 2 aromatic heterocycles. The molecule has 124 valence electrons. The maximum absolute atomic E-state index is 11.7. The lowest BCUT2D eigenvalue weighted by Gasteiger charge is -2.21. The zero-order chi connectivity index (χ0) is 16.3. The zero-order valence-electron chi connectivity index (χ0n) is 13.1. The third-order valence-electron chi connectivity index (χ3n) is 3.99. The monoisotopic (exact) mass is 352 g/mol. The van der Waals surface area contributed by atoms with E-state index in [0.717, 1.165) is 29.6 Å². The van der Waals surface area contributed by atoms with E-state index >= 15 is 0 Å². The summed E-state index contributed by atoms with van der Waals surface area (Å²) in [5.74, 6) is 3.92. The van der Waals surface area contributed by atoms with Gasteiger partial charge in [0.15, 0.2) is 11.6 Å². The highest BCUT2D eigenvalue weighted by atomic mass is 32.2. The fraction of sp³-hybridized carbons (Fsp3) is 0.533. The Labute approximate surface area is 140 Å². The van der Waals surface area contributed by atoms with Crippen molar-refractivity contribution < 1.29 is 8.42 Å². The summed E-state index contributed by atoms with van der Waals surface area (Å²) in [6.07, 6.45) is 5.81. The van der Waals surface area contributed by atoms with Crippen molar-refractivity contribution in [2.45, 2.75) is 25.2 Å². The van der Waals surface area contributed by atoms with E-state index in [2.05, 4.69) is 16.3 Å². The molecule has 0 bridgehead atoms. The summed E-state index contributed by atoms with van der Waals surface area (Å²) < 4.78 is 25.1. The van der Waals surface area contributed by atoms with Gasteiger partial charge in [0.2, 0.25) is 0 Å². The minimum absolute atomic E-state index is 0.121. The van der Waals surface area contributed by atoms with E-state index in [4.69, 9.17) is 4.98 Å². The Morgan fingerprint density at radius 3 is 2.74 bits per heavy atom. The smallest absolute Gasteiger partial charge is 0.155 e. The second-order valence-corrected chi connectivity index (χ2v) is 8.94. The maximum Gasteiger partial charge on any atom is 0.155 e. The molecule has 0 saturated carbocycles. The number of pyridine rings is 1. The van der Waals surface area contributed by atoms with Crippen LogP contribution in [0.25, 0.3) is 5.82 Å². The van der Waals surface area contributed by atoms with E-state index in [1.54, 1.807) is 22.6 Å². The summed E-state index contributed by atoms with van der Waals surface area (Å²) in [5, 5.41) is 4.61. The molecule has 0 amide bonds. The SMILES string of the molecule is CSCCc1nc(C2CCS(=O)(=O)CC2)n(-c2ccccn2)n1. The number of nitrogens with zero attached hydrogens (tertiary/aromatic N) is 4. The van der Waals surface area contributed by atoms with Crippen molar-refractivity contribution in [2.75, 3.05) is 23.5 Å². The number of rotatable bonds is 5. The lowest BCUT2D eigenvalue weighted by molar-refractivity contribution is 0.528. The van der Waals surface area contributed by atoms with Crippen molar-refractivity contribution in [3.8, 4) is 5.82 Å². The van der Waals surface area contributed by atoms with E-state index < -0.39 is 9.84 Å². The van der Waals surface area contributed by atoms with Crippen LogP contribution in [0.4, 0.5) is 0 Å². The van der Waals surface area contributed by atoms with Crippen LogP contribution in [-0.2, 0) is 16.3 Å². The zero-order valence-corrected chi connectivity index (χ0v) is 14.7. The van der Waals surface area contributed by atoms with Crippen molar-refractivity contribution in [3.05, 3.63) is 36.0 Å². The molecule has 1 fully saturated rings. The molecule has 0 atom stereocenters. The minimum atomic E-state index is -2.88. The Morgan fingerprint density at radius 2 is 2.09 bits per heavy atom. The number of aromatic nitrogens is 4. The molecular formula is C15H20N4O2S2. The largest absolute Gasteiger partial charge is 0.237 e. The fourth-order valence-electron chi connectivity index (χ4n) is 2.73. The van der Waals surface area contributed by atoms with Crippen LogP contribution in [0.3, 0.4) is 0 Å². The Hall–Kier alpha value is -1.41. The Morgan fingerprint density at radius 1 is 1.30 bits per heavy atom. The first-order chi connectivity index (χ1) is 11.1. The van der Waals surface area contributed by atoms with E-state index in [-0.39, 0.29) is 17.4 Å². The summed E-state index contributed by atoms with van der Waals surface area (Å²) in [6.45, 7) is 0. The molecule has 0 spiro atoms. The average molecular weight is 352 g/mol. The summed E-state index contributed by atoms with van der Waals surface area (Å²) in [5.41, 5.74) is 0. The van der Waals surface area contributed by atoms with Crippen LogP contribution in [0.15, 0.2) is 24.4 Å². The summed E-state index contributed by atoms with van der Waals surface area (Å²) >= 11 is 1.76. The van der Waals surface area contributed by atoms with Crippen LogP contribution in [-0.4, -0.2) is 51.7 Å². The first-order valence-electron chi connectivity index (χ1n) is 7.65. The van der Waals surface area contributed by atoms with E-state index in [1.807, 2.05) is 18.2 Å². The number of hydrogen-bond acceptors (Lipinski definition) is 6. The lowest BCUT2D eigenvalue weighted by Crippen LogP contribution is -2.24. The molecule has 6 nitrogen and oxygen atoms in total. The Balaban J connectivity index is 1.92. The van der Waals surface area contributed by atoms with Gasteiger partial charge in [-0.1, -0.05) is 6.07 Å². The third-order valence-corrected chi connectivity index (χ3v) is 6.32. The predicted octanol–water partition coefficient (Wildman–Crippen LogP) is 1.86. The maximum atomic E-state index is 11.7. The minimum Gasteiger partial charge on any atom is -0.237 e. The van der Waals surface area contributed by atoms with Crippen molar-refractivity contribution in [1.29, 1.82) is 0 Å². The number of thioether (sulfide) groups is 1. The molecule has 3 rings (SSSR count). The molecule has 0 radical (unpaired) electrons. The van der Waals surface area contributed by atoms with E-state index in [0.29, 0.717) is 12.8 Å². The van der Waals surface area contributed by atoms with E-state index in [9.17, 15) is 8.42 Å². The van der Waals surface area contributed by atoms with Gasteiger partial charge < -0.3 is 0 Å². The molecule has 0 aromatic carbocycles. The summed E-state index contributed by atoms with van der Waals surface area (Å²) in [7, 11) is -2.88. The number of aryl methyl sites for hydroxylation is 1. The second-order valence-electron chi connectivity index (χ2n) is 5.65. The van der Waals surface area contributed by atoms with Crippen molar-refractivity contribution >= 4 is 21.6 Å². The van der Waals surface area contributed by atoms with Crippen LogP contribution in [0.1, 0.15) is 30.4 Å². The molecule has 0 aliphatic carbocycles. The third kappa shape index (κ3) is 3.92. The van der Waals surface area contributed by atoms with Crippen molar-refractivity contribution in [2.24, 2.45) is 0 Å². The van der Waals surface area contributed by atoms with Gasteiger partial charge in [-0.25, -0.2) is 18.4 Å². The molecule has 1 saturated heterocycles. The van der Waals surface area contributed by atoms with Gasteiger partial charge in [0.25, 0.3) is 0 Å². The predicted molar refractivity (Wildman–Crippen MR) is 91.9 cm³/mol. The highest BCUT2D eigenvalue weighted by Crippen LogP contribution is 2.29. The van der Waals surface area contributed by atoms with Gasteiger partial charge in [-0.15, -0.1) is 5.10 Å². The fourth-order valence-corrected chi connectivity index (χ4v) is 4.61. The molecule has 2 aromatic rings. The standard InChI is InChI=1S/C15H20N4O2S2/c1-22-9-5-13-17-15(12-6-10-23(20,21)11-7-12)19(18-13)14-4-2-3-8-16-14/h2-4,8,12H,5-7,9-11H2,1H3. The second kappa shape index (κ2) is 7.00. The van der Waals surface area contributed by atoms with Crippen LogP contribution < -0.4 is 0 Å². The van der Waals surface area contributed by atoms with Gasteiger partial charge in [-0.2, -0.15) is 16.4 Å². The first kappa shape index (κ1) is 16.4. The summed E-state index contributed by atoms with van der Waals surface area (Å²) in [6, 6.07) is 5.68. The van der Waals surface area contributed by atoms with Crippen molar-refractivity contribution in [3.63, 3.8) is 0 Å². The van der Waals surface area contributed by atoms with Gasteiger partial charge >= 0.3 is 0 Å². The van der Waals surface area contributed by atoms with Gasteiger partial charge in [0.1, 0.15) is 15.7 Å². The lowest BCUT2D eigenvalue weighted by atomic mass is 10.0. The quantitative estimate of drug-likeness (QED) is 0.817. The summed E-state index contributed by atoms with van der Waals surface area (Å²) in [4.78, 5) is 9.06. The topological polar surface area (TPSA) is 77.7 Å². The number of hydrogen-bond donors (Lipinski definition) is 0. The normalized spacial score (nSPS) is 18.1. The van der Waals surface area contributed by atoms with Gasteiger partial charge in [0, 0.05) is 24.3 Å². The first-order valence-corrected chi connectivity index (χ1v) is 10.9. The molecule has 3 heterocycles. The van der Waals surface area contributed by atoms with Gasteiger partial charge in [0.05, 0.1) is 11.5 Å². The molecule has 1 aliphatic heterocycles. The highest BCUT2D eigenvalue weighted by molar-refractivity contribution is 7.98. The van der Waals surface area contributed by atoms with E-state index in [1.165, 1.54) is 0 Å². The Bertz CT molecular complexity index is 745. The average Bonchev–Trinajstić information content (AvgIpc) is 2.98. The molecule has 0 N–H and O–H groups in total.